The number of carbonyl (C=O) groups is 2. The van der Waals surface area contributed by atoms with Gasteiger partial charge in [-0.15, -0.1) is 0 Å². The molecule has 0 saturated carbocycles. The van der Waals surface area contributed by atoms with Crippen molar-refractivity contribution in [2.75, 3.05) is 5.32 Å². The molecule has 0 aliphatic rings. The first kappa shape index (κ1) is 18.6. The van der Waals surface area contributed by atoms with Crippen LogP contribution in [0.2, 0.25) is 0 Å². The number of nitrogens with two attached hydrogens (primary N) is 1. The van der Waals surface area contributed by atoms with Crippen LogP contribution in [0.15, 0.2) is 48.5 Å². The van der Waals surface area contributed by atoms with Gasteiger partial charge in [0.2, 0.25) is 5.91 Å². The molecular formula is C19H22FN3O2. The summed E-state index contributed by atoms with van der Waals surface area (Å²) in [6, 6.07) is 12.0. The van der Waals surface area contributed by atoms with Crippen molar-refractivity contribution in [2.24, 2.45) is 5.73 Å². The minimum atomic E-state index is -0.538. The number of benzene rings is 2. The predicted molar refractivity (Wildman–Crippen MR) is 95.5 cm³/mol. The maximum Gasteiger partial charge on any atom is 0.251 e. The average Bonchev–Trinajstić information content (AvgIpc) is 2.61. The Balaban J connectivity index is 1.89. The second-order valence-electron chi connectivity index (χ2n) is 5.77. The largest absolute Gasteiger partial charge is 0.348 e. The summed E-state index contributed by atoms with van der Waals surface area (Å²) in [5.41, 5.74) is 7.63. The van der Waals surface area contributed by atoms with Crippen molar-refractivity contribution >= 4 is 17.5 Å². The highest BCUT2D eigenvalue weighted by Gasteiger charge is 2.12. The number of hydrogen-bond donors (Lipinski definition) is 3. The number of halogens is 1. The monoisotopic (exact) mass is 343 g/mol. The Morgan fingerprint density at radius 2 is 1.72 bits per heavy atom. The second-order valence-corrected chi connectivity index (χ2v) is 5.77. The van der Waals surface area contributed by atoms with E-state index in [4.69, 9.17) is 5.73 Å². The van der Waals surface area contributed by atoms with Crippen LogP contribution in [0.25, 0.3) is 0 Å². The highest BCUT2D eigenvalue weighted by atomic mass is 19.1. The average molecular weight is 343 g/mol. The van der Waals surface area contributed by atoms with Crippen LogP contribution in [-0.2, 0) is 11.3 Å². The number of carbonyl (C=O) groups excluding carboxylic acids is 2. The zero-order chi connectivity index (χ0) is 18.2. The molecule has 0 radical (unpaired) electrons. The van der Waals surface area contributed by atoms with Gasteiger partial charge in [0.05, 0.1) is 6.04 Å². The molecule has 1 unspecified atom stereocenters. The summed E-state index contributed by atoms with van der Waals surface area (Å²) < 4.78 is 12.8. The molecule has 0 aliphatic heterocycles. The highest BCUT2D eigenvalue weighted by molar-refractivity contribution is 5.97. The van der Waals surface area contributed by atoms with E-state index in [1.54, 1.807) is 36.4 Å². The van der Waals surface area contributed by atoms with Crippen molar-refractivity contribution in [2.45, 2.75) is 32.4 Å². The standard InChI is InChI=1S/C19H22FN3O2/c1-2-3-17(21)19(25)23-16-10-6-14(7-11-16)18(24)22-12-13-4-8-15(20)9-5-13/h4-11,17H,2-3,12,21H2,1H3,(H,22,24)(H,23,25). The van der Waals surface area contributed by atoms with Gasteiger partial charge in [-0.2, -0.15) is 0 Å². The Kier molecular flexibility index (Phi) is 6.65. The molecule has 2 aromatic carbocycles. The second kappa shape index (κ2) is 8.94. The van der Waals surface area contributed by atoms with Crippen LogP contribution in [0.3, 0.4) is 0 Å². The van der Waals surface area contributed by atoms with Crippen LogP contribution < -0.4 is 16.4 Å². The smallest absolute Gasteiger partial charge is 0.251 e. The summed E-state index contributed by atoms with van der Waals surface area (Å²) in [5, 5.41) is 5.49. The van der Waals surface area contributed by atoms with Crippen LogP contribution in [0.1, 0.15) is 35.7 Å². The molecule has 0 aromatic heterocycles. The van der Waals surface area contributed by atoms with E-state index >= 15 is 0 Å². The molecule has 6 heteroatoms. The molecule has 0 aliphatic carbocycles. The van der Waals surface area contributed by atoms with Crippen LogP contribution in [-0.4, -0.2) is 17.9 Å². The van der Waals surface area contributed by atoms with Crippen molar-refractivity contribution in [1.29, 1.82) is 0 Å². The fraction of sp³-hybridized carbons (Fsp3) is 0.263. The zero-order valence-electron chi connectivity index (χ0n) is 14.1. The minimum absolute atomic E-state index is 0.240. The molecule has 2 aromatic rings. The molecule has 0 saturated heterocycles. The highest BCUT2D eigenvalue weighted by Crippen LogP contribution is 2.11. The number of anilines is 1. The molecule has 1 atom stereocenters. The van der Waals surface area contributed by atoms with Crippen molar-refractivity contribution in [3.63, 3.8) is 0 Å². The summed E-state index contributed by atoms with van der Waals surface area (Å²) in [6.45, 7) is 2.27. The SMILES string of the molecule is CCCC(N)C(=O)Nc1ccc(C(=O)NCc2ccc(F)cc2)cc1. The maximum atomic E-state index is 12.8. The van der Waals surface area contributed by atoms with E-state index in [1.807, 2.05) is 6.92 Å². The van der Waals surface area contributed by atoms with Crippen LogP contribution in [0, 0.1) is 5.82 Å². The fourth-order valence-corrected chi connectivity index (χ4v) is 2.27. The lowest BCUT2D eigenvalue weighted by molar-refractivity contribution is -0.117. The molecule has 2 amide bonds. The molecule has 2 rings (SSSR count). The minimum Gasteiger partial charge on any atom is -0.348 e. The summed E-state index contributed by atoms with van der Waals surface area (Å²) in [4.78, 5) is 24.0. The number of amides is 2. The Labute approximate surface area is 146 Å². The lowest BCUT2D eigenvalue weighted by Gasteiger charge is -2.11. The Bertz CT molecular complexity index is 714. The quantitative estimate of drug-likeness (QED) is 0.723. The van der Waals surface area contributed by atoms with Crippen molar-refractivity contribution in [3.05, 3.63) is 65.5 Å². The van der Waals surface area contributed by atoms with E-state index in [-0.39, 0.29) is 17.6 Å². The Morgan fingerprint density at radius 1 is 1.08 bits per heavy atom. The topological polar surface area (TPSA) is 84.2 Å². The van der Waals surface area contributed by atoms with Gasteiger partial charge >= 0.3 is 0 Å². The normalized spacial score (nSPS) is 11.6. The number of nitrogens with one attached hydrogen (secondary N) is 2. The summed E-state index contributed by atoms with van der Waals surface area (Å²) in [7, 11) is 0. The molecular weight excluding hydrogens is 321 g/mol. The molecule has 132 valence electrons. The fourth-order valence-electron chi connectivity index (χ4n) is 2.27. The molecule has 0 fully saturated rings. The van der Waals surface area contributed by atoms with Gasteiger partial charge in [0.15, 0.2) is 0 Å². The van der Waals surface area contributed by atoms with Gasteiger partial charge in [-0.25, -0.2) is 4.39 Å². The van der Waals surface area contributed by atoms with Gasteiger partial charge in [0.1, 0.15) is 5.82 Å². The lowest BCUT2D eigenvalue weighted by Crippen LogP contribution is -2.35. The zero-order valence-corrected chi connectivity index (χ0v) is 14.1. The van der Waals surface area contributed by atoms with E-state index in [2.05, 4.69) is 10.6 Å². The molecule has 5 nitrogen and oxygen atoms in total. The first-order valence-corrected chi connectivity index (χ1v) is 8.18. The predicted octanol–water partition coefficient (Wildman–Crippen LogP) is 2.82. The molecule has 4 N–H and O–H groups in total. The van der Waals surface area contributed by atoms with Gasteiger partial charge in [0.25, 0.3) is 5.91 Å². The van der Waals surface area contributed by atoms with Gasteiger partial charge in [-0.1, -0.05) is 25.5 Å². The molecule has 0 heterocycles. The van der Waals surface area contributed by atoms with Crippen molar-refractivity contribution < 1.29 is 14.0 Å². The van der Waals surface area contributed by atoms with Crippen molar-refractivity contribution in [3.8, 4) is 0 Å². The molecule has 25 heavy (non-hydrogen) atoms. The van der Waals surface area contributed by atoms with Gasteiger partial charge in [-0.05, 0) is 48.4 Å². The Hall–Kier alpha value is -2.73. The third-order valence-corrected chi connectivity index (χ3v) is 3.72. The number of hydrogen-bond acceptors (Lipinski definition) is 3. The first-order valence-electron chi connectivity index (χ1n) is 8.18. The molecule has 0 bridgehead atoms. The van der Waals surface area contributed by atoms with Gasteiger partial charge in [-0.3, -0.25) is 9.59 Å². The molecule has 0 spiro atoms. The summed E-state index contributed by atoms with van der Waals surface area (Å²) in [5.74, 6) is -0.799. The van der Waals surface area contributed by atoms with E-state index in [1.165, 1.54) is 12.1 Å². The van der Waals surface area contributed by atoms with Crippen LogP contribution >= 0.6 is 0 Å². The van der Waals surface area contributed by atoms with E-state index in [0.29, 0.717) is 24.2 Å². The van der Waals surface area contributed by atoms with E-state index in [0.717, 1.165) is 12.0 Å². The number of rotatable bonds is 7. The maximum absolute atomic E-state index is 12.8. The van der Waals surface area contributed by atoms with Crippen LogP contribution in [0.5, 0.6) is 0 Å². The third kappa shape index (κ3) is 5.69. The first-order chi connectivity index (χ1) is 12.0. The third-order valence-electron chi connectivity index (χ3n) is 3.72. The Morgan fingerprint density at radius 3 is 2.32 bits per heavy atom. The van der Waals surface area contributed by atoms with Gasteiger partial charge < -0.3 is 16.4 Å². The summed E-state index contributed by atoms with van der Waals surface area (Å²) in [6.07, 6.45) is 1.46. The lowest BCUT2D eigenvalue weighted by atomic mass is 10.1. The van der Waals surface area contributed by atoms with E-state index in [9.17, 15) is 14.0 Å². The van der Waals surface area contributed by atoms with Crippen LogP contribution in [0.4, 0.5) is 10.1 Å². The summed E-state index contributed by atoms with van der Waals surface area (Å²) >= 11 is 0. The van der Waals surface area contributed by atoms with Gasteiger partial charge in [0, 0.05) is 17.8 Å². The van der Waals surface area contributed by atoms with E-state index < -0.39 is 6.04 Å². The van der Waals surface area contributed by atoms with Crippen molar-refractivity contribution in [1.82, 2.24) is 5.32 Å².